The summed E-state index contributed by atoms with van der Waals surface area (Å²) >= 11 is 5.55. The summed E-state index contributed by atoms with van der Waals surface area (Å²) in [4.78, 5) is 7.46. The Labute approximate surface area is 102 Å². The number of aliphatic hydroxyl groups excluding tert-OH is 3. The first kappa shape index (κ1) is 12.5. The lowest BCUT2D eigenvalue weighted by atomic mass is 10.0. The molecule has 0 amide bonds. The van der Waals surface area contributed by atoms with Crippen molar-refractivity contribution in [1.82, 2.24) is 9.97 Å². The highest BCUT2D eigenvalue weighted by molar-refractivity contribution is 6.28. The summed E-state index contributed by atoms with van der Waals surface area (Å²) in [5.41, 5.74) is 5.96. The molecular weight excluding hydrogens is 250 g/mol. The summed E-state index contributed by atoms with van der Waals surface area (Å²) in [6.07, 6.45) is -2.78. The SMILES string of the molecule is Nc1nc(Cl)ncc1C1OC(CO)C(O)C1O. The van der Waals surface area contributed by atoms with Gasteiger partial charge in [-0.15, -0.1) is 0 Å². The van der Waals surface area contributed by atoms with E-state index in [0.717, 1.165) is 0 Å². The molecule has 1 aliphatic rings. The standard InChI is InChI=1S/C9H12ClN3O4/c10-9-12-1-3(8(11)13-9)7-6(16)5(15)4(2-14)17-7/h1,4-7,14-16H,2H2,(H2,11,12,13). The maximum absolute atomic E-state index is 9.78. The van der Waals surface area contributed by atoms with Crippen LogP contribution in [0.5, 0.6) is 0 Å². The monoisotopic (exact) mass is 261 g/mol. The summed E-state index contributed by atoms with van der Waals surface area (Å²) in [6.45, 7) is -0.400. The van der Waals surface area contributed by atoms with Gasteiger partial charge in [-0.2, -0.15) is 0 Å². The van der Waals surface area contributed by atoms with Gasteiger partial charge in [-0.05, 0) is 11.6 Å². The minimum absolute atomic E-state index is 0.0157. The molecule has 0 aliphatic carbocycles. The number of anilines is 1. The molecule has 94 valence electrons. The quantitative estimate of drug-likeness (QED) is 0.497. The van der Waals surface area contributed by atoms with Crippen LogP contribution in [-0.4, -0.2) is 50.2 Å². The molecule has 0 saturated carbocycles. The smallest absolute Gasteiger partial charge is 0.224 e. The zero-order chi connectivity index (χ0) is 12.6. The minimum atomic E-state index is -1.20. The van der Waals surface area contributed by atoms with Gasteiger partial charge in [0.25, 0.3) is 0 Å². The maximum Gasteiger partial charge on any atom is 0.224 e. The van der Waals surface area contributed by atoms with Gasteiger partial charge in [0.1, 0.15) is 30.2 Å². The Bertz CT molecular complexity index is 419. The van der Waals surface area contributed by atoms with Crippen LogP contribution in [0.1, 0.15) is 11.7 Å². The van der Waals surface area contributed by atoms with Crippen LogP contribution in [0.2, 0.25) is 5.28 Å². The van der Waals surface area contributed by atoms with E-state index in [1.165, 1.54) is 6.20 Å². The Balaban J connectivity index is 2.29. The number of ether oxygens (including phenoxy) is 1. The second kappa shape index (κ2) is 4.71. The molecule has 4 unspecified atom stereocenters. The molecule has 1 aromatic heterocycles. The molecule has 1 aromatic rings. The summed E-state index contributed by atoms with van der Waals surface area (Å²) < 4.78 is 5.29. The Hall–Kier alpha value is -0.990. The average Bonchev–Trinajstić information content (AvgIpc) is 2.57. The van der Waals surface area contributed by atoms with Crippen LogP contribution in [0.4, 0.5) is 5.82 Å². The number of aromatic nitrogens is 2. The van der Waals surface area contributed by atoms with Gasteiger partial charge in [0.05, 0.1) is 6.61 Å². The molecule has 0 spiro atoms. The highest BCUT2D eigenvalue weighted by Crippen LogP contribution is 2.35. The van der Waals surface area contributed by atoms with Crippen molar-refractivity contribution in [2.45, 2.75) is 24.4 Å². The van der Waals surface area contributed by atoms with E-state index in [4.69, 9.17) is 27.2 Å². The average molecular weight is 262 g/mol. The Kier molecular flexibility index (Phi) is 3.45. The van der Waals surface area contributed by atoms with Gasteiger partial charge in [-0.3, -0.25) is 0 Å². The number of nitrogen functional groups attached to an aromatic ring is 1. The third kappa shape index (κ3) is 2.20. The van der Waals surface area contributed by atoms with Gasteiger partial charge < -0.3 is 25.8 Å². The van der Waals surface area contributed by atoms with Crippen molar-refractivity contribution in [3.63, 3.8) is 0 Å². The van der Waals surface area contributed by atoms with Crippen LogP contribution >= 0.6 is 11.6 Å². The fourth-order valence-electron chi connectivity index (χ4n) is 1.76. The van der Waals surface area contributed by atoms with E-state index in [2.05, 4.69) is 9.97 Å². The molecule has 1 aliphatic heterocycles. The van der Waals surface area contributed by atoms with E-state index in [0.29, 0.717) is 5.56 Å². The predicted molar refractivity (Wildman–Crippen MR) is 58.2 cm³/mol. The molecule has 17 heavy (non-hydrogen) atoms. The van der Waals surface area contributed by atoms with E-state index in [9.17, 15) is 10.2 Å². The van der Waals surface area contributed by atoms with E-state index in [-0.39, 0.29) is 11.1 Å². The molecule has 0 aromatic carbocycles. The number of nitrogens with zero attached hydrogens (tertiary/aromatic N) is 2. The molecule has 1 saturated heterocycles. The Morgan fingerprint density at radius 3 is 2.65 bits per heavy atom. The molecule has 2 heterocycles. The maximum atomic E-state index is 9.78. The number of hydrogen-bond donors (Lipinski definition) is 4. The Morgan fingerprint density at radius 2 is 2.12 bits per heavy atom. The highest BCUT2D eigenvalue weighted by atomic mass is 35.5. The second-order valence-electron chi connectivity index (χ2n) is 3.74. The van der Waals surface area contributed by atoms with Crippen LogP contribution in [0.3, 0.4) is 0 Å². The molecule has 8 heteroatoms. The zero-order valence-corrected chi connectivity index (χ0v) is 9.45. The lowest BCUT2D eigenvalue weighted by molar-refractivity contribution is -0.0227. The van der Waals surface area contributed by atoms with Crippen molar-refractivity contribution in [3.8, 4) is 0 Å². The van der Waals surface area contributed by atoms with Crippen molar-refractivity contribution in [2.75, 3.05) is 12.3 Å². The van der Waals surface area contributed by atoms with Gasteiger partial charge in [-0.1, -0.05) is 0 Å². The van der Waals surface area contributed by atoms with E-state index >= 15 is 0 Å². The van der Waals surface area contributed by atoms with Crippen molar-refractivity contribution >= 4 is 17.4 Å². The highest BCUT2D eigenvalue weighted by Gasteiger charge is 2.44. The lowest BCUT2D eigenvalue weighted by Crippen LogP contribution is -2.32. The van der Waals surface area contributed by atoms with Crippen molar-refractivity contribution in [2.24, 2.45) is 0 Å². The molecule has 4 atom stereocenters. The molecule has 7 nitrogen and oxygen atoms in total. The van der Waals surface area contributed by atoms with Crippen LogP contribution in [-0.2, 0) is 4.74 Å². The molecular formula is C9H12ClN3O4. The van der Waals surface area contributed by atoms with Crippen molar-refractivity contribution in [1.29, 1.82) is 0 Å². The summed E-state index contributed by atoms with van der Waals surface area (Å²) in [5.74, 6) is 0.0693. The Morgan fingerprint density at radius 1 is 1.41 bits per heavy atom. The zero-order valence-electron chi connectivity index (χ0n) is 8.69. The van der Waals surface area contributed by atoms with E-state index in [1.807, 2.05) is 0 Å². The number of aliphatic hydroxyl groups is 3. The van der Waals surface area contributed by atoms with E-state index < -0.39 is 31.0 Å². The van der Waals surface area contributed by atoms with Crippen LogP contribution < -0.4 is 5.73 Å². The minimum Gasteiger partial charge on any atom is -0.394 e. The number of rotatable bonds is 2. The summed E-state index contributed by atoms with van der Waals surface area (Å²) in [7, 11) is 0. The van der Waals surface area contributed by atoms with Crippen molar-refractivity contribution < 1.29 is 20.1 Å². The lowest BCUT2D eigenvalue weighted by Gasteiger charge is -2.15. The first-order valence-corrected chi connectivity index (χ1v) is 5.32. The van der Waals surface area contributed by atoms with Crippen molar-refractivity contribution in [3.05, 3.63) is 17.0 Å². The normalized spacial score (nSPS) is 32.9. The van der Waals surface area contributed by atoms with Crippen LogP contribution in [0, 0.1) is 0 Å². The molecule has 5 N–H and O–H groups in total. The molecule has 1 fully saturated rings. The fraction of sp³-hybridized carbons (Fsp3) is 0.556. The first-order valence-electron chi connectivity index (χ1n) is 4.95. The third-order valence-electron chi connectivity index (χ3n) is 2.67. The fourth-order valence-corrected chi connectivity index (χ4v) is 1.90. The first-order chi connectivity index (χ1) is 8.04. The van der Waals surface area contributed by atoms with Gasteiger partial charge in [-0.25, -0.2) is 9.97 Å². The molecule has 2 rings (SSSR count). The molecule has 0 bridgehead atoms. The van der Waals surface area contributed by atoms with Gasteiger partial charge in [0.15, 0.2) is 0 Å². The topological polar surface area (TPSA) is 122 Å². The number of hydrogen-bond acceptors (Lipinski definition) is 7. The molecule has 0 radical (unpaired) electrons. The predicted octanol–water partition coefficient (Wildman–Crippen LogP) is -1.13. The van der Waals surface area contributed by atoms with E-state index in [1.54, 1.807) is 0 Å². The summed E-state index contributed by atoms with van der Waals surface area (Å²) in [6, 6.07) is 0. The number of halogens is 1. The van der Waals surface area contributed by atoms with Crippen LogP contribution in [0.25, 0.3) is 0 Å². The van der Waals surface area contributed by atoms with Gasteiger partial charge in [0, 0.05) is 11.8 Å². The third-order valence-corrected chi connectivity index (χ3v) is 2.85. The van der Waals surface area contributed by atoms with Gasteiger partial charge in [0.2, 0.25) is 5.28 Å². The summed E-state index contributed by atoms with van der Waals surface area (Å²) in [5, 5.41) is 28.3. The van der Waals surface area contributed by atoms with Crippen LogP contribution in [0.15, 0.2) is 6.20 Å². The largest absolute Gasteiger partial charge is 0.394 e. The van der Waals surface area contributed by atoms with Gasteiger partial charge >= 0.3 is 0 Å². The number of nitrogens with two attached hydrogens (primary N) is 1. The second-order valence-corrected chi connectivity index (χ2v) is 4.08.